The number of aromatic nitrogens is 4. The summed E-state index contributed by atoms with van der Waals surface area (Å²) in [6.07, 6.45) is -1.07. The van der Waals surface area contributed by atoms with Gasteiger partial charge in [0.15, 0.2) is 5.69 Å². The predicted octanol–water partition coefficient (Wildman–Crippen LogP) is 4.37. The van der Waals surface area contributed by atoms with Gasteiger partial charge < -0.3 is 9.88 Å². The van der Waals surface area contributed by atoms with Crippen molar-refractivity contribution in [3.05, 3.63) is 106 Å². The summed E-state index contributed by atoms with van der Waals surface area (Å²) >= 11 is 0. The smallest absolute Gasteiger partial charge is 0.331 e. The number of rotatable bonds is 5. The number of halogens is 3. The van der Waals surface area contributed by atoms with E-state index in [1.54, 1.807) is 18.3 Å². The molecule has 0 saturated carbocycles. The number of amides is 1. The number of benzene rings is 2. The van der Waals surface area contributed by atoms with Crippen molar-refractivity contribution in [1.29, 1.82) is 0 Å². The van der Waals surface area contributed by atoms with Gasteiger partial charge >= 0.3 is 6.18 Å². The Kier molecular flexibility index (Phi) is 6.06. The molecule has 2 aromatic heterocycles. The first kappa shape index (κ1) is 23.0. The molecule has 10 heteroatoms. The van der Waals surface area contributed by atoms with Crippen molar-refractivity contribution in [2.24, 2.45) is 0 Å². The number of nitrogens with one attached hydrogen (secondary N) is 1. The van der Waals surface area contributed by atoms with E-state index in [-0.39, 0.29) is 11.4 Å². The van der Waals surface area contributed by atoms with E-state index in [0.717, 1.165) is 28.2 Å². The zero-order valence-corrected chi connectivity index (χ0v) is 18.3. The van der Waals surface area contributed by atoms with Crippen LogP contribution in [0.25, 0.3) is 5.69 Å². The van der Waals surface area contributed by atoms with Crippen LogP contribution in [0.15, 0.2) is 71.8 Å². The van der Waals surface area contributed by atoms with Gasteiger partial charge in [-0.3, -0.25) is 9.59 Å². The summed E-state index contributed by atoms with van der Waals surface area (Å²) in [4.78, 5) is 29.4. The summed E-state index contributed by atoms with van der Waals surface area (Å²) in [5, 5.41) is 6.55. The Morgan fingerprint density at radius 1 is 1.06 bits per heavy atom. The standard InChI is InChI=1S/C24H20F3N5O2/c1-15-13-21(33)22(30-32(15)20-6-4-3-5-19(20)24(25,26)27)23(34)29-18-9-7-17(8-10-18)14-31-12-11-28-16(31)2/h3-13H,14H2,1-2H3,(H,29,34). The fourth-order valence-electron chi connectivity index (χ4n) is 3.50. The molecule has 34 heavy (non-hydrogen) atoms. The molecular formula is C24H20F3N5O2. The Labute approximate surface area is 192 Å². The lowest BCUT2D eigenvalue weighted by Crippen LogP contribution is -2.27. The molecule has 1 N–H and O–H groups in total. The first-order valence-corrected chi connectivity index (χ1v) is 10.3. The highest BCUT2D eigenvalue weighted by Gasteiger charge is 2.34. The SMILES string of the molecule is Cc1nccn1Cc1ccc(NC(=O)c2nn(-c3ccccc3C(F)(F)F)c(C)cc2=O)cc1. The van der Waals surface area contributed by atoms with Crippen LogP contribution in [0, 0.1) is 13.8 Å². The third kappa shape index (κ3) is 4.75. The van der Waals surface area contributed by atoms with Crippen LogP contribution >= 0.6 is 0 Å². The maximum Gasteiger partial charge on any atom is 0.418 e. The molecule has 174 valence electrons. The molecule has 0 atom stereocenters. The molecule has 0 bridgehead atoms. The highest BCUT2D eigenvalue weighted by Crippen LogP contribution is 2.33. The van der Waals surface area contributed by atoms with Crippen molar-refractivity contribution < 1.29 is 18.0 Å². The van der Waals surface area contributed by atoms with Gasteiger partial charge in [-0.05, 0) is 43.7 Å². The normalized spacial score (nSPS) is 11.4. The first-order valence-electron chi connectivity index (χ1n) is 10.3. The number of alkyl halides is 3. The summed E-state index contributed by atoms with van der Waals surface area (Å²) < 4.78 is 43.4. The number of anilines is 1. The lowest BCUT2D eigenvalue weighted by Gasteiger charge is -2.16. The highest BCUT2D eigenvalue weighted by molar-refractivity contribution is 6.02. The maximum atomic E-state index is 13.5. The van der Waals surface area contributed by atoms with Gasteiger partial charge in [-0.15, -0.1) is 0 Å². The lowest BCUT2D eigenvalue weighted by atomic mass is 10.1. The fourth-order valence-corrected chi connectivity index (χ4v) is 3.50. The number of carbonyl (C=O) groups is 1. The Morgan fingerprint density at radius 2 is 1.76 bits per heavy atom. The Balaban J connectivity index is 1.60. The summed E-state index contributed by atoms with van der Waals surface area (Å²) in [5.74, 6) is 0.0487. The summed E-state index contributed by atoms with van der Waals surface area (Å²) in [6.45, 7) is 3.94. The Hall–Kier alpha value is -4.21. The van der Waals surface area contributed by atoms with Crippen molar-refractivity contribution in [2.75, 3.05) is 5.32 Å². The molecule has 0 unspecified atom stereocenters. The number of hydrogen-bond acceptors (Lipinski definition) is 4. The topological polar surface area (TPSA) is 81.8 Å². The molecule has 0 fully saturated rings. The highest BCUT2D eigenvalue weighted by atomic mass is 19.4. The van der Waals surface area contributed by atoms with E-state index in [4.69, 9.17) is 0 Å². The van der Waals surface area contributed by atoms with Gasteiger partial charge in [-0.2, -0.15) is 18.3 Å². The quantitative estimate of drug-likeness (QED) is 0.473. The fraction of sp³-hybridized carbons (Fsp3) is 0.167. The molecular weight excluding hydrogens is 447 g/mol. The van der Waals surface area contributed by atoms with E-state index in [2.05, 4.69) is 15.4 Å². The van der Waals surface area contributed by atoms with Crippen molar-refractivity contribution in [3.63, 3.8) is 0 Å². The monoisotopic (exact) mass is 467 g/mol. The molecule has 2 heterocycles. The molecule has 0 spiro atoms. The molecule has 0 aliphatic rings. The van der Waals surface area contributed by atoms with E-state index in [1.165, 1.54) is 25.1 Å². The summed E-state index contributed by atoms with van der Waals surface area (Å²) in [6, 6.07) is 12.9. The van der Waals surface area contributed by atoms with Crippen molar-refractivity contribution >= 4 is 11.6 Å². The average Bonchev–Trinajstić information content (AvgIpc) is 3.19. The number of nitrogens with zero attached hydrogens (tertiary/aromatic N) is 4. The number of para-hydroxylation sites is 1. The Morgan fingerprint density at radius 3 is 2.41 bits per heavy atom. The number of hydrogen-bond donors (Lipinski definition) is 1. The second-order valence-electron chi connectivity index (χ2n) is 7.68. The lowest BCUT2D eigenvalue weighted by molar-refractivity contribution is -0.137. The van der Waals surface area contributed by atoms with E-state index >= 15 is 0 Å². The van der Waals surface area contributed by atoms with Crippen LogP contribution in [0.5, 0.6) is 0 Å². The number of aryl methyl sites for hydroxylation is 2. The molecule has 4 rings (SSSR count). The van der Waals surface area contributed by atoms with Crippen molar-refractivity contribution in [2.45, 2.75) is 26.6 Å². The van der Waals surface area contributed by atoms with Gasteiger partial charge in [0.05, 0.1) is 11.3 Å². The van der Waals surface area contributed by atoms with Crippen LogP contribution in [0.4, 0.5) is 18.9 Å². The first-order chi connectivity index (χ1) is 16.1. The summed E-state index contributed by atoms with van der Waals surface area (Å²) in [5.41, 5.74) is -0.857. The van der Waals surface area contributed by atoms with Crippen LogP contribution in [0.1, 0.15) is 33.1 Å². The van der Waals surface area contributed by atoms with Crippen LogP contribution < -0.4 is 10.7 Å². The summed E-state index contributed by atoms with van der Waals surface area (Å²) in [7, 11) is 0. The minimum atomic E-state index is -4.63. The molecule has 1 amide bonds. The predicted molar refractivity (Wildman–Crippen MR) is 120 cm³/mol. The van der Waals surface area contributed by atoms with Gasteiger partial charge in [0.1, 0.15) is 5.82 Å². The second kappa shape index (κ2) is 8.97. The number of imidazole rings is 1. The minimum absolute atomic E-state index is 0.164. The van der Waals surface area contributed by atoms with E-state index in [1.807, 2.05) is 29.8 Å². The third-order valence-corrected chi connectivity index (χ3v) is 5.25. The van der Waals surface area contributed by atoms with Gasteiger partial charge in [-0.25, -0.2) is 9.67 Å². The maximum absolute atomic E-state index is 13.5. The molecule has 0 saturated heterocycles. The van der Waals surface area contributed by atoms with Gasteiger partial charge in [0, 0.05) is 36.4 Å². The molecule has 7 nitrogen and oxygen atoms in total. The van der Waals surface area contributed by atoms with Gasteiger partial charge in [0.2, 0.25) is 5.43 Å². The second-order valence-corrected chi connectivity index (χ2v) is 7.68. The third-order valence-electron chi connectivity index (χ3n) is 5.25. The van der Waals surface area contributed by atoms with Crippen LogP contribution in [-0.4, -0.2) is 25.2 Å². The van der Waals surface area contributed by atoms with Crippen LogP contribution in [0.3, 0.4) is 0 Å². The van der Waals surface area contributed by atoms with Crippen molar-refractivity contribution in [1.82, 2.24) is 19.3 Å². The average molecular weight is 467 g/mol. The number of carbonyl (C=O) groups excluding carboxylic acids is 1. The zero-order valence-electron chi connectivity index (χ0n) is 18.3. The molecule has 2 aromatic carbocycles. The van der Waals surface area contributed by atoms with E-state index < -0.39 is 28.8 Å². The zero-order chi connectivity index (χ0) is 24.5. The van der Waals surface area contributed by atoms with E-state index in [9.17, 15) is 22.8 Å². The molecule has 0 radical (unpaired) electrons. The molecule has 0 aliphatic carbocycles. The largest absolute Gasteiger partial charge is 0.418 e. The molecule has 4 aromatic rings. The van der Waals surface area contributed by atoms with Crippen LogP contribution in [0.2, 0.25) is 0 Å². The van der Waals surface area contributed by atoms with Crippen molar-refractivity contribution in [3.8, 4) is 5.69 Å². The van der Waals surface area contributed by atoms with E-state index in [0.29, 0.717) is 12.2 Å². The van der Waals surface area contributed by atoms with Crippen LogP contribution in [-0.2, 0) is 12.7 Å². The molecule has 0 aliphatic heterocycles. The van der Waals surface area contributed by atoms with Gasteiger partial charge in [-0.1, -0.05) is 24.3 Å². The van der Waals surface area contributed by atoms with Gasteiger partial charge in [0.25, 0.3) is 5.91 Å². The Bertz CT molecular complexity index is 1410. The minimum Gasteiger partial charge on any atom is -0.331 e.